The lowest BCUT2D eigenvalue weighted by molar-refractivity contribution is -0.142. The van der Waals surface area contributed by atoms with Crippen LogP contribution in [0.15, 0.2) is 30.9 Å². The molecule has 276 valence electrons. The number of hydrogen-bond donors (Lipinski definition) is 3. The van der Waals surface area contributed by atoms with E-state index in [1.807, 2.05) is 12.1 Å². The van der Waals surface area contributed by atoms with Crippen LogP contribution < -0.4 is 15.4 Å². The van der Waals surface area contributed by atoms with Gasteiger partial charge in [-0.05, 0) is 74.0 Å². The van der Waals surface area contributed by atoms with Crippen LogP contribution in [0.25, 0.3) is 0 Å². The predicted octanol–water partition coefficient (Wildman–Crippen LogP) is 2.31. The Bertz CT molecular complexity index is 1730. The van der Waals surface area contributed by atoms with Crippen LogP contribution in [-0.4, -0.2) is 102 Å². The van der Waals surface area contributed by atoms with Crippen LogP contribution in [0.5, 0.6) is 0 Å². The highest BCUT2D eigenvalue weighted by Crippen LogP contribution is 2.45. The van der Waals surface area contributed by atoms with Crippen molar-refractivity contribution in [2.75, 3.05) is 20.1 Å². The Morgan fingerprint density at radius 2 is 1.78 bits per heavy atom. The number of nitrogens with zero attached hydrogens (tertiary/aromatic N) is 3. The van der Waals surface area contributed by atoms with Gasteiger partial charge in [-0.3, -0.25) is 24.0 Å². The fourth-order valence-corrected chi connectivity index (χ4v) is 9.69. The van der Waals surface area contributed by atoms with E-state index >= 15 is 0 Å². The van der Waals surface area contributed by atoms with Crippen LogP contribution in [0, 0.1) is 11.8 Å². The van der Waals surface area contributed by atoms with Gasteiger partial charge >= 0.3 is 12.1 Å². The molecule has 0 unspecified atom stereocenters. The summed E-state index contributed by atoms with van der Waals surface area (Å²) >= 11 is 0. The first kappa shape index (κ1) is 35.3. The largest absolute Gasteiger partial charge is 0.444 e. The molecule has 3 heterocycles. The second kappa shape index (κ2) is 13.8. The van der Waals surface area contributed by atoms with Crippen LogP contribution in [-0.2, 0) is 48.7 Å². The van der Waals surface area contributed by atoms with E-state index in [1.165, 1.54) is 11.0 Å². The average Bonchev–Trinajstić information content (AvgIpc) is 3.88. The Kier molecular flexibility index (Phi) is 9.52. The van der Waals surface area contributed by atoms with E-state index in [4.69, 9.17) is 4.74 Å². The van der Waals surface area contributed by atoms with Gasteiger partial charge in [-0.2, -0.15) is 0 Å². The summed E-state index contributed by atoms with van der Waals surface area (Å²) in [4.78, 5) is 73.9. The maximum atomic E-state index is 14.6. The molecule has 6 aliphatic rings. The highest BCUT2D eigenvalue weighted by molar-refractivity contribution is 7.91. The Morgan fingerprint density at radius 1 is 1.04 bits per heavy atom. The lowest BCUT2D eigenvalue weighted by atomic mass is 9.96. The van der Waals surface area contributed by atoms with Crippen LogP contribution in [0.1, 0.15) is 80.9 Å². The third-order valence-electron chi connectivity index (χ3n) is 11.7. The molecule has 6 amide bonds. The number of benzene rings is 1. The van der Waals surface area contributed by atoms with Gasteiger partial charge in [-0.15, -0.1) is 6.58 Å². The molecule has 3 aliphatic carbocycles. The van der Waals surface area contributed by atoms with Crippen molar-refractivity contribution in [2.24, 2.45) is 11.8 Å². The number of nitrogens with one attached hydrogen (secondary N) is 3. The minimum absolute atomic E-state index is 0.0303. The third-order valence-corrected chi connectivity index (χ3v) is 13.5. The zero-order valence-electron chi connectivity index (χ0n) is 29.1. The van der Waals surface area contributed by atoms with Gasteiger partial charge in [-0.1, -0.05) is 37.1 Å². The Morgan fingerprint density at radius 3 is 2.49 bits per heavy atom. The monoisotopic (exact) mass is 724 g/mol. The lowest BCUT2D eigenvalue weighted by Gasteiger charge is -2.33. The Hall–Kier alpha value is -4.14. The first-order valence-corrected chi connectivity index (χ1v) is 19.8. The van der Waals surface area contributed by atoms with Crippen molar-refractivity contribution < 1.29 is 37.1 Å². The van der Waals surface area contributed by atoms with Crippen LogP contribution in [0.2, 0.25) is 0 Å². The summed E-state index contributed by atoms with van der Waals surface area (Å²) in [6, 6.07) is 3.64. The van der Waals surface area contributed by atoms with Crippen molar-refractivity contribution in [3.05, 3.63) is 47.5 Å². The number of amides is 6. The van der Waals surface area contributed by atoms with Crippen molar-refractivity contribution in [3.8, 4) is 0 Å². The number of carbonyl (C=O) groups is 5. The van der Waals surface area contributed by atoms with E-state index in [1.54, 1.807) is 16.8 Å². The van der Waals surface area contributed by atoms with E-state index < -0.39 is 68.7 Å². The summed E-state index contributed by atoms with van der Waals surface area (Å²) in [6.45, 7) is 4.96. The molecule has 0 radical (unpaired) electrons. The molecular formula is C36H48N6O8S. The van der Waals surface area contributed by atoms with Crippen LogP contribution >= 0.6 is 0 Å². The highest BCUT2D eigenvalue weighted by atomic mass is 32.2. The number of aryl methyl sites for hydroxylation is 1. The number of carbonyl (C=O) groups excluding carboxylic acids is 5. The molecule has 7 rings (SSSR count). The van der Waals surface area contributed by atoms with Crippen molar-refractivity contribution in [3.63, 3.8) is 0 Å². The maximum absolute atomic E-state index is 14.6. The molecule has 0 aromatic heterocycles. The van der Waals surface area contributed by atoms with Gasteiger partial charge in [0.25, 0.3) is 5.91 Å². The number of urea groups is 1. The molecule has 51 heavy (non-hydrogen) atoms. The molecule has 1 saturated heterocycles. The van der Waals surface area contributed by atoms with Gasteiger partial charge in [0.05, 0.1) is 11.8 Å². The molecular weight excluding hydrogens is 676 g/mol. The molecule has 14 nitrogen and oxygen atoms in total. The van der Waals surface area contributed by atoms with E-state index in [0.29, 0.717) is 32.5 Å². The van der Waals surface area contributed by atoms with Crippen molar-refractivity contribution in [1.82, 2.24) is 30.1 Å². The van der Waals surface area contributed by atoms with Crippen LogP contribution in [0.4, 0.5) is 9.59 Å². The first-order valence-electron chi connectivity index (χ1n) is 18.3. The Balaban J connectivity index is 1.17. The molecule has 0 spiro atoms. The topological polar surface area (TPSA) is 175 Å². The third kappa shape index (κ3) is 7.05. The zero-order valence-corrected chi connectivity index (χ0v) is 29.9. The van der Waals surface area contributed by atoms with E-state index in [-0.39, 0.29) is 31.3 Å². The predicted molar refractivity (Wildman–Crippen MR) is 185 cm³/mol. The van der Waals surface area contributed by atoms with Gasteiger partial charge in [0.15, 0.2) is 0 Å². The number of ether oxygens (including phenoxy) is 1. The SMILES string of the molecule is C=C[C@@H]1C[C@@]1(NC(=O)[C@@H]1C[C@@H]2CN1C(=O)[C@H](C1CCCC1)NC(=O)N(C)CCCCc1cccc3c1CN(C3)C(=O)O2)C(=O)NS(=O)(=O)C1CC1. The minimum Gasteiger partial charge on any atom is -0.444 e. The van der Waals surface area contributed by atoms with Gasteiger partial charge < -0.3 is 25.2 Å². The fourth-order valence-electron chi connectivity index (χ4n) is 8.33. The first-order chi connectivity index (χ1) is 24.4. The van der Waals surface area contributed by atoms with E-state index in [2.05, 4.69) is 28.0 Å². The number of hydrogen-bond acceptors (Lipinski definition) is 8. The normalized spacial score (nSPS) is 30.3. The highest BCUT2D eigenvalue weighted by Gasteiger charge is 2.62. The average molecular weight is 725 g/mol. The quantitative estimate of drug-likeness (QED) is 0.360. The number of rotatable bonds is 7. The number of sulfonamides is 1. The molecule has 3 aliphatic heterocycles. The summed E-state index contributed by atoms with van der Waals surface area (Å²) in [5, 5.41) is 5.14. The van der Waals surface area contributed by atoms with Gasteiger partial charge in [0.1, 0.15) is 23.7 Å². The maximum Gasteiger partial charge on any atom is 0.410 e. The summed E-state index contributed by atoms with van der Waals surface area (Å²) in [7, 11) is -2.18. The lowest BCUT2D eigenvalue weighted by Crippen LogP contribution is -2.59. The molecule has 4 fully saturated rings. The molecule has 1 aromatic carbocycles. The molecule has 3 N–H and O–H groups in total. The van der Waals surface area contributed by atoms with Crippen molar-refractivity contribution in [2.45, 2.75) is 113 Å². The summed E-state index contributed by atoms with van der Waals surface area (Å²) in [5.41, 5.74) is 1.76. The summed E-state index contributed by atoms with van der Waals surface area (Å²) in [5.74, 6) is -2.61. The van der Waals surface area contributed by atoms with E-state index in [0.717, 1.165) is 61.6 Å². The van der Waals surface area contributed by atoms with E-state index in [9.17, 15) is 32.4 Å². The minimum atomic E-state index is -3.89. The zero-order chi connectivity index (χ0) is 36.1. The second-order valence-electron chi connectivity index (χ2n) is 15.2. The number of fused-ring (bicyclic) bond motifs is 3. The van der Waals surface area contributed by atoms with Gasteiger partial charge in [0, 0.05) is 39.0 Å². The summed E-state index contributed by atoms with van der Waals surface area (Å²) < 4.78 is 33.5. The van der Waals surface area contributed by atoms with Crippen molar-refractivity contribution in [1.29, 1.82) is 0 Å². The molecule has 4 bridgehead atoms. The van der Waals surface area contributed by atoms with Gasteiger partial charge in [-0.25, -0.2) is 18.0 Å². The smallest absolute Gasteiger partial charge is 0.410 e. The molecule has 5 atom stereocenters. The van der Waals surface area contributed by atoms with Crippen molar-refractivity contribution >= 4 is 39.9 Å². The van der Waals surface area contributed by atoms with Gasteiger partial charge in [0.2, 0.25) is 21.8 Å². The molecule has 3 saturated carbocycles. The fraction of sp³-hybridized carbons (Fsp3) is 0.639. The summed E-state index contributed by atoms with van der Waals surface area (Å²) in [6.07, 6.45) is 6.85. The Labute approximate surface area is 298 Å². The standard InChI is InChI=1S/C36H48N6O8S/c1-3-25-18-36(25,33(45)39-51(48,49)27-14-15-27)38-31(43)29-17-26-20-42(29)32(44)30(23-10-4-5-11-23)37-34(46)40(2)16-7-6-9-22-12-8-13-24-19-41(21-28(22)24)35(47)50-26/h3,8,12-13,23,25-27,29-30H,1,4-7,9-11,14-21H2,2H3,(H,37,46)(H,38,43)(H,39,45)/t25-,26-,29+,30+,36+/m1/s1. The molecule has 15 heteroatoms. The second-order valence-corrected chi connectivity index (χ2v) is 17.2. The van der Waals surface area contributed by atoms with Crippen LogP contribution in [0.3, 0.4) is 0 Å². The molecule has 1 aromatic rings.